The van der Waals surface area contributed by atoms with Gasteiger partial charge in [-0.25, -0.2) is 4.68 Å². The summed E-state index contributed by atoms with van der Waals surface area (Å²) >= 11 is 1.77. The summed E-state index contributed by atoms with van der Waals surface area (Å²) in [6.45, 7) is 0.949. The maximum atomic E-state index is 4.45. The lowest BCUT2D eigenvalue weighted by atomic mass is 10.1. The first kappa shape index (κ1) is 9.65. The molecule has 2 N–H and O–H groups in total. The van der Waals surface area contributed by atoms with Crippen LogP contribution in [0.5, 0.6) is 0 Å². The van der Waals surface area contributed by atoms with Crippen molar-refractivity contribution in [2.45, 2.75) is 12.5 Å². The summed E-state index contributed by atoms with van der Waals surface area (Å²) in [6, 6.07) is 4.56. The molecule has 1 aliphatic rings. The zero-order valence-corrected chi connectivity index (χ0v) is 9.79. The number of nitrogens with zero attached hydrogens (tertiary/aromatic N) is 3. The number of nitrogens with one attached hydrogen (secondary N) is 2. The van der Waals surface area contributed by atoms with Crippen LogP contribution in [0.2, 0.25) is 0 Å². The Morgan fingerprint density at radius 3 is 3.31 bits per heavy atom. The van der Waals surface area contributed by atoms with Crippen molar-refractivity contribution in [1.29, 1.82) is 0 Å². The Morgan fingerprint density at radius 2 is 2.56 bits per heavy atom. The van der Waals surface area contributed by atoms with E-state index in [2.05, 4.69) is 38.2 Å². The van der Waals surface area contributed by atoms with Crippen molar-refractivity contribution >= 4 is 23.2 Å². The number of hydrogen-bond donors (Lipinski definition) is 2. The first-order valence-electron chi connectivity index (χ1n) is 5.30. The molecule has 0 amide bonds. The van der Waals surface area contributed by atoms with Gasteiger partial charge in [-0.2, -0.15) is 4.98 Å². The summed E-state index contributed by atoms with van der Waals surface area (Å²) in [7, 11) is 1.83. The molecule has 0 bridgehead atoms. The van der Waals surface area contributed by atoms with Gasteiger partial charge in [0.05, 0.1) is 6.04 Å². The van der Waals surface area contributed by atoms with Crippen LogP contribution in [0.1, 0.15) is 17.3 Å². The third-order valence-electron chi connectivity index (χ3n) is 2.72. The first-order chi connectivity index (χ1) is 7.88. The summed E-state index contributed by atoms with van der Waals surface area (Å²) < 4.78 is 1.97. The van der Waals surface area contributed by atoms with E-state index < -0.39 is 0 Å². The van der Waals surface area contributed by atoms with Crippen LogP contribution in [0.15, 0.2) is 17.5 Å². The first-order valence-corrected chi connectivity index (χ1v) is 6.18. The van der Waals surface area contributed by atoms with Crippen molar-refractivity contribution in [3.63, 3.8) is 0 Å². The number of thiophene rings is 1. The highest BCUT2D eigenvalue weighted by Gasteiger charge is 2.24. The van der Waals surface area contributed by atoms with Crippen LogP contribution in [0.3, 0.4) is 0 Å². The fourth-order valence-electron chi connectivity index (χ4n) is 1.95. The van der Waals surface area contributed by atoms with E-state index in [9.17, 15) is 0 Å². The minimum Gasteiger partial charge on any atom is -0.356 e. The fraction of sp³-hybridized carbons (Fsp3) is 0.400. The van der Waals surface area contributed by atoms with E-state index in [1.165, 1.54) is 4.88 Å². The molecule has 2 aromatic heterocycles. The van der Waals surface area contributed by atoms with Gasteiger partial charge in [-0.1, -0.05) is 6.07 Å². The Bertz CT molecular complexity index is 475. The second kappa shape index (κ2) is 3.79. The molecular weight excluding hydrogens is 222 g/mol. The van der Waals surface area contributed by atoms with Crippen LogP contribution >= 0.6 is 11.3 Å². The molecule has 0 fully saturated rings. The molecule has 0 aliphatic carbocycles. The van der Waals surface area contributed by atoms with Gasteiger partial charge < -0.3 is 10.6 Å². The molecule has 0 saturated carbocycles. The smallest absolute Gasteiger partial charge is 0.243 e. The van der Waals surface area contributed by atoms with Crippen LogP contribution in [-0.4, -0.2) is 28.4 Å². The summed E-state index contributed by atoms with van der Waals surface area (Å²) in [5.41, 5.74) is 0. The van der Waals surface area contributed by atoms with Gasteiger partial charge in [-0.3, -0.25) is 0 Å². The molecule has 3 rings (SSSR count). The molecule has 16 heavy (non-hydrogen) atoms. The second-order valence-corrected chi connectivity index (χ2v) is 4.68. The molecule has 3 heterocycles. The Labute approximate surface area is 97.5 Å². The molecule has 0 aromatic carbocycles. The number of fused-ring (bicyclic) bond motifs is 1. The van der Waals surface area contributed by atoms with Crippen LogP contribution in [0.4, 0.5) is 11.9 Å². The average molecular weight is 235 g/mol. The van der Waals surface area contributed by atoms with E-state index in [1.54, 1.807) is 11.3 Å². The van der Waals surface area contributed by atoms with Gasteiger partial charge in [0, 0.05) is 18.5 Å². The van der Waals surface area contributed by atoms with Gasteiger partial charge in [0.2, 0.25) is 11.9 Å². The minimum absolute atomic E-state index is 0.325. The minimum atomic E-state index is 0.325. The number of anilines is 2. The highest BCUT2D eigenvalue weighted by atomic mass is 32.1. The van der Waals surface area contributed by atoms with E-state index in [0.717, 1.165) is 18.9 Å². The molecule has 84 valence electrons. The van der Waals surface area contributed by atoms with Crippen LogP contribution in [0, 0.1) is 0 Å². The Morgan fingerprint density at radius 1 is 1.62 bits per heavy atom. The predicted octanol–water partition coefficient (Wildman–Crippen LogP) is 1.79. The van der Waals surface area contributed by atoms with Gasteiger partial charge in [0.1, 0.15) is 0 Å². The van der Waals surface area contributed by atoms with Gasteiger partial charge in [-0.15, -0.1) is 16.4 Å². The molecule has 1 atom stereocenters. The van der Waals surface area contributed by atoms with Crippen LogP contribution < -0.4 is 10.6 Å². The highest BCUT2D eigenvalue weighted by molar-refractivity contribution is 7.10. The molecule has 2 aromatic rings. The number of hydrogen-bond acceptors (Lipinski definition) is 5. The summed E-state index contributed by atoms with van der Waals surface area (Å²) in [6.07, 6.45) is 1.06. The molecule has 1 unspecified atom stereocenters. The van der Waals surface area contributed by atoms with E-state index in [0.29, 0.717) is 12.0 Å². The average Bonchev–Trinajstić information content (AvgIpc) is 2.97. The molecule has 6 heteroatoms. The highest BCUT2D eigenvalue weighted by Crippen LogP contribution is 2.31. The van der Waals surface area contributed by atoms with Crippen molar-refractivity contribution in [3.05, 3.63) is 22.4 Å². The summed E-state index contributed by atoms with van der Waals surface area (Å²) in [4.78, 5) is 5.71. The maximum Gasteiger partial charge on any atom is 0.243 e. The molecule has 5 nitrogen and oxygen atoms in total. The standard InChI is InChI=1S/C10H13N5S/c1-11-9-13-10-12-5-4-7(15(10)14-9)8-3-2-6-16-8/h2-3,6-7H,4-5H2,1H3,(H2,11,12,13,14). The van der Waals surface area contributed by atoms with Gasteiger partial charge in [0.25, 0.3) is 0 Å². The molecule has 0 saturated heterocycles. The lowest BCUT2D eigenvalue weighted by molar-refractivity contribution is 0.488. The van der Waals surface area contributed by atoms with E-state index in [-0.39, 0.29) is 0 Å². The van der Waals surface area contributed by atoms with E-state index in [1.807, 2.05) is 11.7 Å². The normalized spacial score (nSPS) is 18.9. The van der Waals surface area contributed by atoms with E-state index in [4.69, 9.17) is 0 Å². The van der Waals surface area contributed by atoms with Crippen molar-refractivity contribution < 1.29 is 0 Å². The molecular formula is C10H13N5S. The Kier molecular flexibility index (Phi) is 2.28. The monoisotopic (exact) mass is 235 g/mol. The molecule has 1 aliphatic heterocycles. The topological polar surface area (TPSA) is 54.8 Å². The maximum absolute atomic E-state index is 4.45. The summed E-state index contributed by atoms with van der Waals surface area (Å²) in [5, 5.41) is 12.8. The predicted molar refractivity (Wildman–Crippen MR) is 65.1 cm³/mol. The number of aromatic nitrogens is 3. The number of rotatable bonds is 2. The van der Waals surface area contributed by atoms with Crippen molar-refractivity contribution in [3.8, 4) is 0 Å². The van der Waals surface area contributed by atoms with Crippen molar-refractivity contribution in [1.82, 2.24) is 14.8 Å². The Balaban J connectivity index is 2.02. The lowest BCUT2D eigenvalue weighted by Crippen LogP contribution is -2.24. The fourth-order valence-corrected chi connectivity index (χ4v) is 2.80. The van der Waals surface area contributed by atoms with E-state index >= 15 is 0 Å². The zero-order valence-electron chi connectivity index (χ0n) is 8.97. The quantitative estimate of drug-likeness (QED) is 0.833. The van der Waals surface area contributed by atoms with Crippen LogP contribution in [-0.2, 0) is 0 Å². The van der Waals surface area contributed by atoms with Gasteiger partial charge in [0.15, 0.2) is 0 Å². The third kappa shape index (κ3) is 1.46. The van der Waals surface area contributed by atoms with Crippen LogP contribution in [0.25, 0.3) is 0 Å². The zero-order chi connectivity index (χ0) is 11.0. The second-order valence-electron chi connectivity index (χ2n) is 3.70. The lowest BCUT2D eigenvalue weighted by Gasteiger charge is -2.23. The molecule has 0 spiro atoms. The molecule has 0 radical (unpaired) electrons. The van der Waals surface area contributed by atoms with Crippen molar-refractivity contribution in [2.75, 3.05) is 24.2 Å². The SMILES string of the molecule is CNc1nc2n(n1)C(c1cccs1)CCN2. The van der Waals surface area contributed by atoms with Gasteiger partial charge in [-0.05, 0) is 17.9 Å². The summed E-state index contributed by atoms with van der Waals surface area (Å²) in [5.74, 6) is 1.53. The Hall–Kier alpha value is -1.56. The largest absolute Gasteiger partial charge is 0.356 e. The van der Waals surface area contributed by atoms with Crippen molar-refractivity contribution in [2.24, 2.45) is 0 Å². The van der Waals surface area contributed by atoms with Gasteiger partial charge >= 0.3 is 0 Å². The third-order valence-corrected chi connectivity index (χ3v) is 3.70.